The number of rotatable bonds is 3. The lowest BCUT2D eigenvalue weighted by Crippen LogP contribution is -2.36. The molecule has 1 atom stereocenters. The minimum absolute atomic E-state index is 0.185. The molecule has 1 N–H and O–H groups in total. The smallest absolute Gasteiger partial charge is 0.233 e. The van der Waals surface area contributed by atoms with Gasteiger partial charge in [0.05, 0.1) is 5.41 Å². The molecule has 0 saturated carbocycles. The van der Waals surface area contributed by atoms with Gasteiger partial charge in [0.15, 0.2) is 0 Å². The average Bonchev–Trinajstić information content (AvgIpc) is 2.59. The molecule has 3 heteroatoms. The number of carbonyl (C=O) groups is 1. The maximum atomic E-state index is 12.4. The van der Waals surface area contributed by atoms with Crippen LogP contribution < -0.4 is 0 Å². The van der Waals surface area contributed by atoms with Gasteiger partial charge in [-0.15, -0.1) is 0 Å². The van der Waals surface area contributed by atoms with Gasteiger partial charge in [-0.2, -0.15) is 0 Å². The van der Waals surface area contributed by atoms with Gasteiger partial charge in [0.25, 0.3) is 0 Å². The zero-order valence-electron chi connectivity index (χ0n) is 10.4. The third-order valence-electron chi connectivity index (χ3n) is 3.71. The summed E-state index contributed by atoms with van der Waals surface area (Å²) in [4.78, 5) is 14.2. The summed E-state index contributed by atoms with van der Waals surface area (Å²) < 4.78 is 0. The molecule has 0 aromatic heterocycles. The Kier molecular flexibility index (Phi) is 3.09. The molecular formula is C14H19NO2. The van der Waals surface area contributed by atoms with Crippen LogP contribution in [0.3, 0.4) is 0 Å². The Morgan fingerprint density at radius 1 is 1.47 bits per heavy atom. The van der Waals surface area contributed by atoms with E-state index in [0.717, 1.165) is 31.4 Å². The van der Waals surface area contributed by atoms with Crippen LogP contribution in [-0.2, 0) is 10.2 Å². The molecule has 1 aromatic carbocycles. The predicted molar refractivity (Wildman–Crippen MR) is 66.9 cm³/mol. The summed E-state index contributed by atoms with van der Waals surface area (Å²) in [5.41, 5.74) is 0.538. The van der Waals surface area contributed by atoms with Gasteiger partial charge in [-0.1, -0.05) is 25.5 Å². The second-order valence-corrected chi connectivity index (χ2v) is 4.86. The molecule has 0 spiro atoms. The van der Waals surface area contributed by atoms with Crippen LogP contribution in [-0.4, -0.2) is 29.5 Å². The summed E-state index contributed by atoms with van der Waals surface area (Å²) in [6.07, 6.45) is 2.66. The number of carbonyl (C=O) groups excluding carboxylic acids is 1. The molecule has 3 nitrogen and oxygen atoms in total. The van der Waals surface area contributed by atoms with Crippen LogP contribution >= 0.6 is 0 Å². The summed E-state index contributed by atoms with van der Waals surface area (Å²) in [7, 11) is 1.85. The van der Waals surface area contributed by atoms with Crippen LogP contribution in [0.15, 0.2) is 24.3 Å². The van der Waals surface area contributed by atoms with E-state index in [1.807, 2.05) is 19.2 Å². The minimum atomic E-state index is -0.414. The van der Waals surface area contributed by atoms with E-state index in [9.17, 15) is 9.90 Å². The summed E-state index contributed by atoms with van der Waals surface area (Å²) in [5.74, 6) is 0.422. The summed E-state index contributed by atoms with van der Waals surface area (Å²) in [5, 5.41) is 9.58. The van der Waals surface area contributed by atoms with Gasteiger partial charge in [-0.25, -0.2) is 0 Å². The lowest BCUT2D eigenvalue weighted by molar-refractivity contribution is -0.131. The monoisotopic (exact) mass is 233 g/mol. The number of benzene rings is 1. The number of likely N-dealkylation sites (tertiary alicyclic amines) is 1. The molecule has 0 radical (unpaired) electrons. The second-order valence-electron chi connectivity index (χ2n) is 4.86. The fourth-order valence-electron chi connectivity index (χ4n) is 2.81. The standard InChI is InChI=1S/C14H19NO2/c1-3-7-14(8-9-15(2)13(14)17)11-5-4-6-12(16)10-11/h4-6,10,16H,3,7-9H2,1-2H3. The maximum absolute atomic E-state index is 12.4. The Balaban J connectivity index is 2.45. The molecule has 1 amide bonds. The molecule has 1 fully saturated rings. The first-order valence-corrected chi connectivity index (χ1v) is 6.15. The Morgan fingerprint density at radius 3 is 2.76 bits per heavy atom. The Hall–Kier alpha value is -1.51. The Labute approximate surface area is 102 Å². The SMILES string of the molecule is CCCC1(c2cccc(O)c2)CCN(C)C1=O. The van der Waals surface area contributed by atoms with Crippen molar-refractivity contribution < 1.29 is 9.90 Å². The summed E-state index contributed by atoms with van der Waals surface area (Å²) in [6.45, 7) is 2.89. The normalized spacial score (nSPS) is 24.4. The van der Waals surface area contributed by atoms with Crippen LogP contribution in [0.4, 0.5) is 0 Å². The molecule has 1 heterocycles. The second kappa shape index (κ2) is 4.40. The number of phenolic OH excluding ortho intramolecular Hbond substituents is 1. The van der Waals surface area contributed by atoms with Gasteiger partial charge in [0.1, 0.15) is 5.75 Å². The number of aromatic hydroxyl groups is 1. The van der Waals surface area contributed by atoms with Gasteiger partial charge in [-0.05, 0) is 30.5 Å². The topological polar surface area (TPSA) is 40.5 Å². The van der Waals surface area contributed by atoms with Gasteiger partial charge < -0.3 is 10.0 Å². The van der Waals surface area contributed by atoms with Crippen molar-refractivity contribution in [3.63, 3.8) is 0 Å². The fourth-order valence-corrected chi connectivity index (χ4v) is 2.81. The third kappa shape index (κ3) is 1.90. The number of hydrogen-bond donors (Lipinski definition) is 1. The van der Waals surface area contributed by atoms with Crippen LogP contribution in [0.5, 0.6) is 5.75 Å². The van der Waals surface area contributed by atoms with E-state index in [1.54, 1.807) is 17.0 Å². The first kappa shape index (κ1) is 12.0. The first-order chi connectivity index (χ1) is 8.10. The van der Waals surface area contributed by atoms with Gasteiger partial charge in [0, 0.05) is 13.6 Å². The lowest BCUT2D eigenvalue weighted by Gasteiger charge is -2.27. The average molecular weight is 233 g/mol. The molecule has 0 aliphatic carbocycles. The molecule has 1 aromatic rings. The van der Waals surface area contributed by atoms with Gasteiger partial charge in [0.2, 0.25) is 5.91 Å². The van der Waals surface area contributed by atoms with Crippen LogP contribution in [0.1, 0.15) is 31.7 Å². The van der Waals surface area contributed by atoms with Crippen molar-refractivity contribution >= 4 is 5.91 Å². The number of nitrogens with zero attached hydrogens (tertiary/aromatic N) is 1. The van der Waals surface area contributed by atoms with Crippen molar-refractivity contribution in [3.05, 3.63) is 29.8 Å². The quantitative estimate of drug-likeness (QED) is 0.870. The number of phenols is 1. The van der Waals surface area contributed by atoms with Crippen LogP contribution in [0, 0.1) is 0 Å². The summed E-state index contributed by atoms with van der Waals surface area (Å²) in [6, 6.07) is 7.14. The molecule has 1 aliphatic rings. The maximum Gasteiger partial charge on any atom is 0.233 e. The van der Waals surface area contributed by atoms with E-state index < -0.39 is 5.41 Å². The molecule has 1 saturated heterocycles. The highest BCUT2D eigenvalue weighted by Crippen LogP contribution is 2.40. The molecule has 92 valence electrons. The van der Waals surface area contributed by atoms with Gasteiger partial charge in [-0.3, -0.25) is 4.79 Å². The first-order valence-electron chi connectivity index (χ1n) is 6.15. The minimum Gasteiger partial charge on any atom is -0.508 e. The third-order valence-corrected chi connectivity index (χ3v) is 3.71. The zero-order valence-corrected chi connectivity index (χ0v) is 10.4. The highest BCUT2D eigenvalue weighted by Gasteiger charge is 2.45. The van der Waals surface area contributed by atoms with Crippen molar-refractivity contribution in [2.75, 3.05) is 13.6 Å². The van der Waals surface area contributed by atoms with Crippen LogP contribution in [0.2, 0.25) is 0 Å². The molecular weight excluding hydrogens is 214 g/mol. The number of amides is 1. The Morgan fingerprint density at radius 2 is 2.24 bits per heavy atom. The molecule has 17 heavy (non-hydrogen) atoms. The molecule has 0 bridgehead atoms. The lowest BCUT2D eigenvalue weighted by atomic mass is 9.75. The number of likely N-dealkylation sites (N-methyl/N-ethyl adjacent to an activating group) is 1. The highest BCUT2D eigenvalue weighted by molar-refractivity contribution is 5.90. The van der Waals surface area contributed by atoms with E-state index in [0.29, 0.717) is 0 Å². The van der Waals surface area contributed by atoms with Crippen molar-refractivity contribution in [2.24, 2.45) is 0 Å². The largest absolute Gasteiger partial charge is 0.508 e. The molecule has 2 rings (SSSR count). The zero-order chi connectivity index (χ0) is 12.5. The van der Waals surface area contributed by atoms with Crippen molar-refractivity contribution in [3.8, 4) is 5.75 Å². The highest BCUT2D eigenvalue weighted by atomic mass is 16.3. The van der Waals surface area contributed by atoms with Crippen molar-refractivity contribution in [2.45, 2.75) is 31.6 Å². The van der Waals surface area contributed by atoms with E-state index in [-0.39, 0.29) is 11.7 Å². The van der Waals surface area contributed by atoms with Crippen molar-refractivity contribution in [1.82, 2.24) is 4.90 Å². The molecule has 1 aliphatic heterocycles. The van der Waals surface area contributed by atoms with E-state index >= 15 is 0 Å². The summed E-state index contributed by atoms with van der Waals surface area (Å²) >= 11 is 0. The number of hydrogen-bond acceptors (Lipinski definition) is 2. The van der Waals surface area contributed by atoms with Gasteiger partial charge >= 0.3 is 0 Å². The Bertz CT molecular complexity index is 426. The van der Waals surface area contributed by atoms with Crippen molar-refractivity contribution in [1.29, 1.82) is 0 Å². The van der Waals surface area contributed by atoms with E-state index in [4.69, 9.17) is 0 Å². The molecule has 1 unspecified atom stereocenters. The predicted octanol–water partition coefficient (Wildman–Crippen LogP) is 2.29. The van der Waals surface area contributed by atoms with E-state index in [2.05, 4.69) is 6.92 Å². The van der Waals surface area contributed by atoms with Crippen LogP contribution in [0.25, 0.3) is 0 Å². The van der Waals surface area contributed by atoms with E-state index in [1.165, 1.54) is 0 Å². The fraction of sp³-hybridized carbons (Fsp3) is 0.500.